The van der Waals surface area contributed by atoms with Gasteiger partial charge in [0.05, 0.1) is 6.10 Å². The van der Waals surface area contributed by atoms with Gasteiger partial charge in [0.15, 0.2) is 0 Å². The van der Waals surface area contributed by atoms with Crippen LogP contribution in [0.3, 0.4) is 0 Å². The standard InChI is InChI=1S/C14H15ClOS/c1-10-2-4-12(13(15)8-10)14(16)5-3-11-6-7-17-9-11/h2,4,6-9,14,16H,3,5H2,1H3. The second-order valence-corrected chi connectivity index (χ2v) is 5.40. The van der Waals surface area contributed by atoms with Crippen LogP contribution in [0, 0.1) is 6.92 Å². The zero-order chi connectivity index (χ0) is 12.3. The summed E-state index contributed by atoms with van der Waals surface area (Å²) in [5, 5.41) is 14.9. The third-order valence-corrected chi connectivity index (χ3v) is 3.86. The van der Waals surface area contributed by atoms with Crippen LogP contribution in [0.5, 0.6) is 0 Å². The van der Waals surface area contributed by atoms with Gasteiger partial charge in [0.1, 0.15) is 0 Å². The summed E-state index contributed by atoms with van der Waals surface area (Å²) in [6, 6.07) is 7.88. The Morgan fingerprint density at radius 3 is 2.82 bits per heavy atom. The van der Waals surface area contributed by atoms with Crippen molar-refractivity contribution in [2.24, 2.45) is 0 Å². The van der Waals surface area contributed by atoms with Gasteiger partial charge in [-0.3, -0.25) is 0 Å². The lowest BCUT2D eigenvalue weighted by molar-refractivity contribution is 0.168. The highest BCUT2D eigenvalue weighted by molar-refractivity contribution is 7.07. The first-order valence-corrected chi connectivity index (χ1v) is 6.94. The molecule has 1 aromatic heterocycles. The molecule has 1 heterocycles. The Balaban J connectivity index is 2.01. The molecule has 0 bridgehead atoms. The molecule has 1 atom stereocenters. The van der Waals surface area contributed by atoms with Crippen LogP contribution in [-0.4, -0.2) is 5.11 Å². The van der Waals surface area contributed by atoms with Crippen LogP contribution in [0.25, 0.3) is 0 Å². The van der Waals surface area contributed by atoms with E-state index in [-0.39, 0.29) is 0 Å². The van der Waals surface area contributed by atoms with Crippen molar-refractivity contribution in [2.45, 2.75) is 25.9 Å². The summed E-state index contributed by atoms with van der Waals surface area (Å²) in [6.45, 7) is 1.99. The monoisotopic (exact) mass is 266 g/mol. The molecule has 3 heteroatoms. The maximum Gasteiger partial charge on any atom is 0.0807 e. The predicted molar refractivity (Wildman–Crippen MR) is 73.8 cm³/mol. The van der Waals surface area contributed by atoms with Crippen molar-refractivity contribution in [3.05, 3.63) is 56.7 Å². The first-order chi connectivity index (χ1) is 8.16. The Kier molecular flexibility index (Phi) is 4.21. The van der Waals surface area contributed by atoms with Gasteiger partial charge < -0.3 is 5.11 Å². The molecule has 1 unspecified atom stereocenters. The van der Waals surface area contributed by atoms with E-state index in [4.69, 9.17) is 11.6 Å². The van der Waals surface area contributed by atoms with Gasteiger partial charge in [-0.15, -0.1) is 0 Å². The molecule has 2 rings (SSSR count). The van der Waals surface area contributed by atoms with Gasteiger partial charge in [-0.2, -0.15) is 11.3 Å². The lowest BCUT2D eigenvalue weighted by Gasteiger charge is -2.12. The van der Waals surface area contributed by atoms with Crippen LogP contribution in [0.2, 0.25) is 5.02 Å². The molecule has 1 N–H and O–H groups in total. The largest absolute Gasteiger partial charge is 0.388 e. The summed E-state index contributed by atoms with van der Waals surface area (Å²) in [5.41, 5.74) is 3.22. The molecule has 0 saturated heterocycles. The minimum absolute atomic E-state index is 0.483. The molecule has 90 valence electrons. The Morgan fingerprint density at radius 2 is 2.18 bits per heavy atom. The second kappa shape index (κ2) is 5.67. The maximum atomic E-state index is 10.1. The van der Waals surface area contributed by atoms with E-state index < -0.39 is 6.10 Å². The van der Waals surface area contributed by atoms with Crippen molar-refractivity contribution >= 4 is 22.9 Å². The fourth-order valence-electron chi connectivity index (χ4n) is 1.80. The van der Waals surface area contributed by atoms with Crippen LogP contribution >= 0.6 is 22.9 Å². The van der Waals surface area contributed by atoms with Crippen molar-refractivity contribution in [1.29, 1.82) is 0 Å². The molecule has 0 fully saturated rings. The number of aryl methyl sites for hydroxylation is 2. The molecule has 0 amide bonds. The molecule has 0 radical (unpaired) electrons. The van der Waals surface area contributed by atoms with Crippen LogP contribution < -0.4 is 0 Å². The number of aliphatic hydroxyl groups is 1. The first-order valence-electron chi connectivity index (χ1n) is 5.62. The molecule has 2 aromatic rings. The van der Waals surface area contributed by atoms with Gasteiger partial charge in [-0.1, -0.05) is 23.7 Å². The zero-order valence-corrected chi connectivity index (χ0v) is 11.3. The molecule has 0 saturated carbocycles. The van der Waals surface area contributed by atoms with Gasteiger partial charge in [0.2, 0.25) is 0 Å². The molecule has 17 heavy (non-hydrogen) atoms. The van der Waals surface area contributed by atoms with E-state index in [1.54, 1.807) is 11.3 Å². The van der Waals surface area contributed by atoms with Gasteiger partial charge in [-0.25, -0.2) is 0 Å². The van der Waals surface area contributed by atoms with Crippen LogP contribution in [0.4, 0.5) is 0 Å². The Morgan fingerprint density at radius 1 is 1.35 bits per heavy atom. The summed E-state index contributed by atoms with van der Waals surface area (Å²) < 4.78 is 0. The number of rotatable bonds is 4. The minimum atomic E-state index is -0.483. The smallest absolute Gasteiger partial charge is 0.0807 e. The molecule has 1 nitrogen and oxygen atoms in total. The zero-order valence-electron chi connectivity index (χ0n) is 9.69. The van der Waals surface area contributed by atoms with Gasteiger partial charge in [0.25, 0.3) is 0 Å². The van der Waals surface area contributed by atoms with Gasteiger partial charge in [0, 0.05) is 5.02 Å². The number of halogens is 1. The number of hydrogen-bond donors (Lipinski definition) is 1. The number of thiophene rings is 1. The average molecular weight is 267 g/mol. The summed E-state index contributed by atoms with van der Waals surface area (Å²) in [7, 11) is 0. The highest BCUT2D eigenvalue weighted by Gasteiger charge is 2.11. The molecule has 0 aliphatic rings. The third kappa shape index (κ3) is 3.32. The highest BCUT2D eigenvalue weighted by atomic mass is 35.5. The molecule has 0 spiro atoms. The molecular formula is C14H15ClOS. The SMILES string of the molecule is Cc1ccc(C(O)CCc2ccsc2)c(Cl)c1. The third-order valence-electron chi connectivity index (χ3n) is 2.80. The molecule has 0 aliphatic carbocycles. The topological polar surface area (TPSA) is 20.2 Å². The summed E-state index contributed by atoms with van der Waals surface area (Å²) in [4.78, 5) is 0. The Bertz CT molecular complexity index is 479. The second-order valence-electron chi connectivity index (χ2n) is 4.21. The van der Waals surface area contributed by atoms with E-state index in [1.165, 1.54) is 5.56 Å². The van der Waals surface area contributed by atoms with Crippen molar-refractivity contribution in [1.82, 2.24) is 0 Å². The van der Waals surface area contributed by atoms with Crippen molar-refractivity contribution in [2.75, 3.05) is 0 Å². The van der Waals surface area contributed by atoms with Gasteiger partial charge in [-0.05, 0) is 59.3 Å². The Hall–Kier alpha value is -0.830. The Labute approximate surface area is 111 Å². The fourth-order valence-corrected chi connectivity index (χ4v) is 2.86. The van der Waals surface area contributed by atoms with Crippen LogP contribution in [0.15, 0.2) is 35.0 Å². The number of aliphatic hydroxyl groups excluding tert-OH is 1. The van der Waals surface area contributed by atoms with Gasteiger partial charge >= 0.3 is 0 Å². The lowest BCUT2D eigenvalue weighted by atomic mass is 10.0. The van der Waals surface area contributed by atoms with E-state index in [0.29, 0.717) is 11.4 Å². The average Bonchev–Trinajstić information content (AvgIpc) is 2.78. The van der Waals surface area contributed by atoms with Crippen LogP contribution in [0.1, 0.15) is 29.2 Å². The molecular weight excluding hydrogens is 252 g/mol. The van der Waals surface area contributed by atoms with Crippen molar-refractivity contribution in [3.63, 3.8) is 0 Å². The summed E-state index contributed by atoms with van der Waals surface area (Å²) in [6.07, 6.45) is 1.11. The van der Waals surface area contributed by atoms with Crippen LogP contribution in [-0.2, 0) is 6.42 Å². The summed E-state index contributed by atoms with van der Waals surface area (Å²) in [5.74, 6) is 0. The fraction of sp³-hybridized carbons (Fsp3) is 0.286. The highest BCUT2D eigenvalue weighted by Crippen LogP contribution is 2.27. The molecule has 1 aromatic carbocycles. The number of benzene rings is 1. The predicted octanol–water partition coefficient (Wildman–Crippen LogP) is 4.38. The van der Waals surface area contributed by atoms with E-state index in [9.17, 15) is 5.11 Å². The van der Waals surface area contributed by atoms with Crippen molar-refractivity contribution < 1.29 is 5.11 Å². The van der Waals surface area contributed by atoms with E-state index in [2.05, 4.69) is 16.8 Å². The van der Waals surface area contributed by atoms with E-state index in [1.807, 2.05) is 25.1 Å². The normalized spacial score (nSPS) is 12.6. The minimum Gasteiger partial charge on any atom is -0.388 e. The lowest BCUT2D eigenvalue weighted by Crippen LogP contribution is -2.00. The molecule has 0 aliphatic heterocycles. The quantitative estimate of drug-likeness (QED) is 0.871. The summed E-state index contributed by atoms with van der Waals surface area (Å²) >= 11 is 7.81. The van der Waals surface area contributed by atoms with E-state index >= 15 is 0 Å². The number of hydrogen-bond acceptors (Lipinski definition) is 2. The van der Waals surface area contributed by atoms with Crippen molar-refractivity contribution in [3.8, 4) is 0 Å². The first kappa shape index (κ1) is 12.6. The maximum absolute atomic E-state index is 10.1. The van der Waals surface area contributed by atoms with E-state index in [0.717, 1.165) is 17.5 Å².